The second-order valence-electron chi connectivity index (χ2n) is 6.70. The van der Waals surface area contributed by atoms with Crippen LogP contribution in [0.15, 0.2) is 24.3 Å². The van der Waals surface area contributed by atoms with Gasteiger partial charge in [-0.3, -0.25) is 9.59 Å². The van der Waals surface area contributed by atoms with Crippen LogP contribution in [-0.4, -0.2) is 41.0 Å². The number of phenolic OH excluding ortho intramolecular Hbond substituents is 1. The smallest absolute Gasteiger partial charge is 0.312 e. The molecule has 1 saturated carbocycles. The van der Waals surface area contributed by atoms with Gasteiger partial charge in [0, 0.05) is 13.1 Å². The number of aromatic hydroxyl groups is 1. The molecule has 124 valence electrons. The number of piperazine rings is 1. The van der Waals surface area contributed by atoms with Crippen molar-refractivity contribution in [3.63, 3.8) is 0 Å². The molecule has 0 radical (unpaired) electrons. The molecule has 5 heteroatoms. The number of carbonyl (C=O) groups is 2. The number of nitrogens with zero attached hydrogens (tertiary/aromatic N) is 1. The maximum absolute atomic E-state index is 12.3. The zero-order chi connectivity index (χ0) is 16.2. The second-order valence-corrected chi connectivity index (χ2v) is 6.70. The lowest BCUT2D eigenvalue weighted by atomic mass is 9.88. The Morgan fingerprint density at radius 3 is 2.48 bits per heavy atom. The van der Waals surface area contributed by atoms with Gasteiger partial charge in [-0.25, -0.2) is 0 Å². The van der Waals surface area contributed by atoms with Gasteiger partial charge in [-0.1, -0.05) is 31.4 Å². The molecule has 2 amide bonds. The number of hydrogen-bond donors (Lipinski definition) is 2. The van der Waals surface area contributed by atoms with E-state index >= 15 is 0 Å². The molecule has 1 aliphatic heterocycles. The van der Waals surface area contributed by atoms with Crippen molar-refractivity contribution in [2.45, 2.75) is 44.6 Å². The molecule has 2 aliphatic rings. The molecule has 0 unspecified atom stereocenters. The monoisotopic (exact) mass is 316 g/mol. The zero-order valence-electron chi connectivity index (χ0n) is 13.3. The summed E-state index contributed by atoms with van der Waals surface area (Å²) in [5.41, 5.74) is 1.06. The van der Waals surface area contributed by atoms with Gasteiger partial charge in [0.25, 0.3) is 0 Å². The van der Waals surface area contributed by atoms with Crippen LogP contribution in [0.1, 0.15) is 37.7 Å². The molecule has 1 aromatic carbocycles. The average molecular weight is 316 g/mol. The van der Waals surface area contributed by atoms with Crippen molar-refractivity contribution >= 4 is 11.8 Å². The summed E-state index contributed by atoms with van der Waals surface area (Å²) in [6.07, 6.45) is 6.72. The molecule has 1 aromatic rings. The van der Waals surface area contributed by atoms with Gasteiger partial charge in [0.05, 0.1) is 6.04 Å². The molecule has 1 atom stereocenters. The number of nitrogens with one attached hydrogen (secondary N) is 1. The Balaban J connectivity index is 1.71. The summed E-state index contributed by atoms with van der Waals surface area (Å²) >= 11 is 0. The number of rotatable bonds is 4. The first-order chi connectivity index (χ1) is 11.1. The molecule has 1 saturated heterocycles. The van der Waals surface area contributed by atoms with Gasteiger partial charge in [-0.05, 0) is 42.9 Å². The number of carbonyl (C=O) groups excluding carboxylic acids is 2. The van der Waals surface area contributed by atoms with E-state index in [-0.39, 0.29) is 11.8 Å². The van der Waals surface area contributed by atoms with Crippen LogP contribution in [0, 0.1) is 5.92 Å². The summed E-state index contributed by atoms with van der Waals surface area (Å²) in [6, 6.07) is 7.05. The minimum absolute atomic E-state index is 0.00771. The van der Waals surface area contributed by atoms with E-state index in [0.29, 0.717) is 25.4 Å². The average Bonchev–Trinajstić information content (AvgIpc) is 2.57. The Morgan fingerprint density at radius 2 is 1.78 bits per heavy atom. The van der Waals surface area contributed by atoms with Crippen molar-refractivity contribution in [3.05, 3.63) is 29.8 Å². The molecule has 1 aliphatic carbocycles. The van der Waals surface area contributed by atoms with E-state index in [0.717, 1.165) is 18.4 Å². The van der Waals surface area contributed by atoms with Gasteiger partial charge < -0.3 is 15.3 Å². The molecule has 2 N–H and O–H groups in total. The molecule has 23 heavy (non-hydrogen) atoms. The fourth-order valence-corrected chi connectivity index (χ4v) is 3.66. The van der Waals surface area contributed by atoms with E-state index in [1.807, 2.05) is 12.1 Å². The van der Waals surface area contributed by atoms with E-state index in [1.54, 1.807) is 17.0 Å². The Hall–Kier alpha value is -2.04. The van der Waals surface area contributed by atoms with Crippen molar-refractivity contribution in [3.8, 4) is 5.75 Å². The van der Waals surface area contributed by atoms with Gasteiger partial charge in [0.2, 0.25) is 0 Å². The van der Waals surface area contributed by atoms with Crippen LogP contribution in [0.25, 0.3) is 0 Å². The van der Waals surface area contributed by atoms with E-state index in [4.69, 9.17) is 0 Å². The quantitative estimate of drug-likeness (QED) is 0.833. The molecule has 1 heterocycles. The summed E-state index contributed by atoms with van der Waals surface area (Å²) in [7, 11) is 0. The van der Waals surface area contributed by atoms with E-state index in [9.17, 15) is 14.7 Å². The topological polar surface area (TPSA) is 69.6 Å². The Labute approximate surface area is 136 Å². The van der Waals surface area contributed by atoms with Gasteiger partial charge in [0.15, 0.2) is 0 Å². The Morgan fingerprint density at radius 1 is 1.09 bits per heavy atom. The minimum atomic E-state index is -0.484. The fraction of sp³-hybridized carbons (Fsp3) is 0.556. The van der Waals surface area contributed by atoms with E-state index < -0.39 is 11.8 Å². The van der Waals surface area contributed by atoms with Crippen molar-refractivity contribution in [2.24, 2.45) is 5.92 Å². The molecule has 2 fully saturated rings. The third kappa shape index (κ3) is 3.84. The SMILES string of the molecule is O=C1NC[C@H](Cc2ccc(O)cc2)N(CC2CCCCC2)C1=O. The van der Waals surface area contributed by atoms with E-state index in [1.165, 1.54) is 19.3 Å². The summed E-state index contributed by atoms with van der Waals surface area (Å²) in [6.45, 7) is 1.19. The Bertz CT molecular complexity index is 564. The third-order valence-electron chi connectivity index (χ3n) is 4.98. The second kappa shape index (κ2) is 7.02. The minimum Gasteiger partial charge on any atom is -0.508 e. The van der Waals surface area contributed by atoms with Gasteiger partial charge >= 0.3 is 11.8 Å². The first-order valence-corrected chi connectivity index (χ1v) is 8.50. The van der Waals surface area contributed by atoms with Crippen molar-refractivity contribution in [1.82, 2.24) is 10.2 Å². The summed E-state index contributed by atoms with van der Waals surface area (Å²) in [5.74, 6) is -0.130. The molecule has 3 rings (SSSR count). The maximum atomic E-state index is 12.3. The highest BCUT2D eigenvalue weighted by atomic mass is 16.3. The normalized spacial score (nSPS) is 23.0. The first-order valence-electron chi connectivity index (χ1n) is 8.50. The predicted octanol–water partition coefficient (Wildman–Crippen LogP) is 1.84. The molecule has 0 aromatic heterocycles. The Kier molecular flexibility index (Phi) is 4.84. The first kappa shape index (κ1) is 15.8. The number of hydrogen-bond acceptors (Lipinski definition) is 3. The maximum Gasteiger partial charge on any atom is 0.312 e. The largest absolute Gasteiger partial charge is 0.508 e. The molecule has 5 nitrogen and oxygen atoms in total. The van der Waals surface area contributed by atoms with Crippen molar-refractivity contribution in [2.75, 3.05) is 13.1 Å². The lowest BCUT2D eigenvalue weighted by Crippen LogP contribution is -2.59. The highest BCUT2D eigenvalue weighted by Crippen LogP contribution is 2.26. The van der Waals surface area contributed by atoms with Crippen LogP contribution in [0.4, 0.5) is 0 Å². The van der Waals surface area contributed by atoms with Crippen LogP contribution in [0.2, 0.25) is 0 Å². The molecular weight excluding hydrogens is 292 g/mol. The number of phenols is 1. The lowest BCUT2D eigenvalue weighted by Gasteiger charge is -2.38. The summed E-state index contributed by atoms with van der Waals surface area (Å²) in [5, 5.41) is 12.1. The third-order valence-corrected chi connectivity index (χ3v) is 4.98. The molecular formula is C18H24N2O3. The van der Waals surface area contributed by atoms with Crippen LogP contribution in [-0.2, 0) is 16.0 Å². The fourth-order valence-electron chi connectivity index (χ4n) is 3.66. The lowest BCUT2D eigenvalue weighted by molar-refractivity contribution is -0.151. The van der Waals surface area contributed by atoms with Gasteiger partial charge in [-0.2, -0.15) is 0 Å². The predicted molar refractivity (Wildman–Crippen MR) is 86.9 cm³/mol. The highest BCUT2D eigenvalue weighted by molar-refractivity contribution is 6.35. The standard InChI is InChI=1S/C18H24N2O3/c21-16-8-6-13(7-9-16)10-15-11-19-17(22)18(23)20(15)12-14-4-2-1-3-5-14/h6-9,14-15,21H,1-5,10-12H2,(H,19,22)/t15-/m0/s1. The number of amides is 2. The summed E-state index contributed by atoms with van der Waals surface area (Å²) < 4.78 is 0. The van der Waals surface area contributed by atoms with Crippen molar-refractivity contribution in [1.29, 1.82) is 0 Å². The van der Waals surface area contributed by atoms with Gasteiger partial charge in [-0.15, -0.1) is 0 Å². The van der Waals surface area contributed by atoms with Crippen LogP contribution < -0.4 is 5.32 Å². The molecule has 0 bridgehead atoms. The van der Waals surface area contributed by atoms with Crippen LogP contribution in [0.5, 0.6) is 5.75 Å². The van der Waals surface area contributed by atoms with Crippen LogP contribution >= 0.6 is 0 Å². The zero-order valence-corrected chi connectivity index (χ0v) is 13.3. The summed E-state index contributed by atoms with van der Waals surface area (Å²) in [4.78, 5) is 25.9. The number of benzene rings is 1. The van der Waals surface area contributed by atoms with Gasteiger partial charge in [0.1, 0.15) is 5.75 Å². The highest BCUT2D eigenvalue weighted by Gasteiger charge is 2.35. The molecule has 0 spiro atoms. The van der Waals surface area contributed by atoms with Crippen LogP contribution in [0.3, 0.4) is 0 Å². The van der Waals surface area contributed by atoms with Crippen molar-refractivity contribution < 1.29 is 14.7 Å². The van der Waals surface area contributed by atoms with E-state index in [2.05, 4.69) is 5.32 Å².